The van der Waals surface area contributed by atoms with Crippen LogP contribution in [-0.2, 0) is 0 Å². The molecular weight excluding hydrogens is 494 g/mol. The quantitative estimate of drug-likeness (QED) is 0.221. The monoisotopic (exact) mass is 519 g/mol. The highest BCUT2D eigenvalue weighted by molar-refractivity contribution is 5.87. The Bertz CT molecular complexity index is 1770. The van der Waals surface area contributed by atoms with E-state index in [1.54, 1.807) is 18.6 Å². The van der Waals surface area contributed by atoms with Gasteiger partial charge in [-0.15, -0.1) is 0 Å². The Morgan fingerprint density at radius 3 is 2.10 bits per heavy atom. The lowest BCUT2D eigenvalue weighted by atomic mass is 10.0. The van der Waals surface area contributed by atoms with Crippen molar-refractivity contribution < 1.29 is 4.74 Å². The molecule has 1 aliphatic rings. The van der Waals surface area contributed by atoms with E-state index in [2.05, 4.69) is 97.5 Å². The maximum absolute atomic E-state index is 6.23. The van der Waals surface area contributed by atoms with E-state index in [0.29, 0.717) is 18.2 Å². The Labute approximate surface area is 232 Å². The zero-order valence-electron chi connectivity index (χ0n) is 21.6. The van der Waals surface area contributed by atoms with Crippen molar-refractivity contribution in [2.45, 2.75) is 0 Å². The number of pyridine rings is 3. The first-order chi connectivity index (χ1) is 19.8. The number of nitrogens with zero attached hydrogens (tertiary/aromatic N) is 5. The van der Waals surface area contributed by atoms with E-state index >= 15 is 0 Å². The van der Waals surface area contributed by atoms with Crippen molar-refractivity contribution >= 4 is 22.7 Å². The fraction of sp³-hybridized carbons (Fsp3) is 0.0294. The molecule has 6 aromatic rings. The number of benzene rings is 3. The average Bonchev–Trinajstić information content (AvgIpc) is 3.42. The SMILES string of the molecule is c1ccc(-c2cccc(N3CN(c4cncc(Oc5ccnc(-c6ccccn6)c5)c4)c4ccccc43)c2)cc1. The van der Waals surface area contributed by atoms with Gasteiger partial charge in [-0.25, -0.2) is 0 Å². The van der Waals surface area contributed by atoms with Crippen LogP contribution < -0.4 is 14.5 Å². The molecule has 0 radical (unpaired) electrons. The average molecular weight is 520 g/mol. The first kappa shape index (κ1) is 23.6. The van der Waals surface area contributed by atoms with E-state index in [-0.39, 0.29) is 0 Å². The number of hydrogen-bond donors (Lipinski definition) is 0. The van der Waals surface area contributed by atoms with E-state index in [1.165, 1.54) is 11.1 Å². The summed E-state index contributed by atoms with van der Waals surface area (Å²) in [6.45, 7) is 0.655. The summed E-state index contributed by atoms with van der Waals surface area (Å²) in [6.07, 6.45) is 7.09. The molecule has 6 nitrogen and oxygen atoms in total. The van der Waals surface area contributed by atoms with Gasteiger partial charge in [-0.2, -0.15) is 0 Å². The molecule has 0 atom stereocenters. The highest BCUT2D eigenvalue weighted by atomic mass is 16.5. The normalized spacial score (nSPS) is 12.3. The van der Waals surface area contributed by atoms with Crippen LogP contribution in [0.5, 0.6) is 11.5 Å². The molecule has 0 N–H and O–H groups in total. The highest BCUT2D eigenvalue weighted by Gasteiger charge is 2.28. The molecule has 0 spiro atoms. The lowest BCUT2D eigenvalue weighted by Crippen LogP contribution is -2.24. The molecule has 0 amide bonds. The van der Waals surface area contributed by atoms with Gasteiger partial charge in [-0.1, -0.05) is 60.7 Å². The fourth-order valence-corrected chi connectivity index (χ4v) is 5.02. The number of anilines is 4. The second-order valence-corrected chi connectivity index (χ2v) is 9.48. The van der Waals surface area contributed by atoms with Gasteiger partial charge in [0.2, 0.25) is 0 Å². The van der Waals surface area contributed by atoms with Crippen molar-refractivity contribution in [3.63, 3.8) is 0 Å². The lowest BCUT2D eigenvalue weighted by Gasteiger charge is -2.22. The van der Waals surface area contributed by atoms with Crippen LogP contribution in [0.15, 0.2) is 140 Å². The van der Waals surface area contributed by atoms with Crippen molar-refractivity contribution in [3.8, 4) is 34.0 Å². The van der Waals surface area contributed by atoms with Gasteiger partial charge in [-0.3, -0.25) is 15.0 Å². The van der Waals surface area contributed by atoms with Crippen LogP contribution in [0, 0.1) is 0 Å². The predicted molar refractivity (Wildman–Crippen MR) is 159 cm³/mol. The number of hydrogen-bond acceptors (Lipinski definition) is 6. The molecule has 7 rings (SSSR count). The molecule has 4 heterocycles. The van der Waals surface area contributed by atoms with Crippen molar-refractivity contribution in [1.82, 2.24) is 15.0 Å². The lowest BCUT2D eigenvalue weighted by molar-refractivity contribution is 0.480. The molecule has 0 unspecified atom stereocenters. The molecule has 0 fully saturated rings. The fourth-order valence-electron chi connectivity index (χ4n) is 5.02. The minimum absolute atomic E-state index is 0.651. The summed E-state index contributed by atoms with van der Waals surface area (Å²) in [6, 6.07) is 39.1. The van der Waals surface area contributed by atoms with Crippen LogP contribution in [0.3, 0.4) is 0 Å². The van der Waals surface area contributed by atoms with Crippen molar-refractivity contribution in [3.05, 3.63) is 140 Å². The number of ether oxygens (including phenoxy) is 1. The second-order valence-electron chi connectivity index (χ2n) is 9.48. The van der Waals surface area contributed by atoms with Crippen LogP contribution >= 0.6 is 0 Å². The summed E-state index contributed by atoms with van der Waals surface area (Å²) in [5.41, 5.74) is 8.29. The van der Waals surface area contributed by atoms with Gasteiger partial charge in [0.1, 0.15) is 18.2 Å². The molecule has 3 aromatic heterocycles. The van der Waals surface area contributed by atoms with Crippen LogP contribution in [0.2, 0.25) is 0 Å². The molecule has 1 aliphatic heterocycles. The van der Waals surface area contributed by atoms with Crippen LogP contribution in [-0.4, -0.2) is 21.6 Å². The third-order valence-electron chi connectivity index (χ3n) is 6.92. The van der Waals surface area contributed by atoms with Gasteiger partial charge in [0.15, 0.2) is 0 Å². The summed E-state index contributed by atoms with van der Waals surface area (Å²) in [4.78, 5) is 18.0. The summed E-state index contributed by atoms with van der Waals surface area (Å²) in [5, 5.41) is 0. The summed E-state index contributed by atoms with van der Waals surface area (Å²) < 4.78 is 6.23. The van der Waals surface area contributed by atoms with Crippen LogP contribution in [0.1, 0.15) is 0 Å². The van der Waals surface area contributed by atoms with Crippen LogP contribution in [0.4, 0.5) is 22.7 Å². The predicted octanol–water partition coefficient (Wildman–Crippen LogP) is 8.25. The van der Waals surface area contributed by atoms with Crippen LogP contribution in [0.25, 0.3) is 22.5 Å². The first-order valence-corrected chi connectivity index (χ1v) is 13.1. The third kappa shape index (κ3) is 4.63. The molecule has 192 valence electrons. The topological polar surface area (TPSA) is 54.4 Å². The summed E-state index contributed by atoms with van der Waals surface area (Å²) >= 11 is 0. The zero-order chi connectivity index (χ0) is 26.7. The Morgan fingerprint density at radius 1 is 0.525 bits per heavy atom. The van der Waals surface area contributed by atoms with Gasteiger partial charge in [0.25, 0.3) is 0 Å². The van der Waals surface area contributed by atoms with Gasteiger partial charge < -0.3 is 14.5 Å². The molecular formula is C34H25N5O. The molecule has 0 saturated carbocycles. The van der Waals surface area contributed by atoms with E-state index in [1.807, 2.05) is 48.7 Å². The Kier molecular flexibility index (Phi) is 6.11. The van der Waals surface area contributed by atoms with Gasteiger partial charge >= 0.3 is 0 Å². The number of para-hydroxylation sites is 2. The minimum atomic E-state index is 0.651. The largest absolute Gasteiger partial charge is 0.456 e. The Hall–Kier alpha value is -5.49. The van der Waals surface area contributed by atoms with E-state index < -0.39 is 0 Å². The number of rotatable bonds is 6. The summed E-state index contributed by atoms with van der Waals surface area (Å²) in [5.74, 6) is 1.33. The van der Waals surface area contributed by atoms with Gasteiger partial charge in [0, 0.05) is 30.2 Å². The molecule has 0 aliphatic carbocycles. The van der Waals surface area contributed by atoms with Crippen molar-refractivity contribution in [2.24, 2.45) is 0 Å². The number of aromatic nitrogens is 3. The minimum Gasteiger partial charge on any atom is -0.456 e. The highest BCUT2D eigenvalue weighted by Crippen LogP contribution is 2.45. The molecule has 0 saturated heterocycles. The second kappa shape index (κ2) is 10.3. The standard InChI is InChI=1S/C34H25N5O/c1-2-9-25(10-3-1)26-11-8-12-27(19-26)38-24-39(34-15-5-4-14-33(34)38)28-20-30(23-35-22-28)40-29-16-18-37-32(21-29)31-13-6-7-17-36-31/h1-23H,24H2. The van der Waals surface area contributed by atoms with Crippen molar-refractivity contribution in [1.29, 1.82) is 0 Å². The van der Waals surface area contributed by atoms with Gasteiger partial charge in [-0.05, 0) is 53.6 Å². The Morgan fingerprint density at radius 2 is 1.27 bits per heavy atom. The third-order valence-corrected chi connectivity index (χ3v) is 6.92. The van der Waals surface area contributed by atoms with E-state index in [0.717, 1.165) is 34.1 Å². The molecule has 6 heteroatoms. The molecule has 3 aromatic carbocycles. The molecule has 40 heavy (non-hydrogen) atoms. The zero-order valence-corrected chi connectivity index (χ0v) is 21.6. The van der Waals surface area contributed by atoms with Crippen molar-refractivity contribution in [2.75, 3.05) is 16.5 Å². The van der Waals surface area contributed by atoms with Gasteiger partial charge in [0.05, 0.1) is 40.8 Å². The smallest absolute Gasteiger partial charge is 0.147 e. The Balaban J connectivity index is 1.18. The van der Waals surface area contributed by atoms with E-state index in [4.69, 9.17) is 4.74 Å². The summed E-state index contributed by atoms with van der Waals surface area (Å²) in [7, 11) is 0. The number of fused-ring (bicyclic) bond motifs is 1. The maximum atomic E-state index is 6.23. The van der Waals surface area contributed by atoms with E-state index in [9.17, 15) is 0 Å². The molecule has 0 bridgehead atoms. The first-order valence-electron chi connectivity index (χ1n) is 13.1. The maximum Gasteiger partial charge on any atom is 0.147 e.